The Morgan fingerprint density at radius 2 is 1.80 bits per heavy atom. The van der Waals surface area contributed by atoms with Gasteiger partial charge in [-0.3, -0.25) is 0 Å². The van der Waals surface area contributed by atoms with Gasteiger partial charge in [-0.05, 0) is 54.9 Å². The number of halogens is 2. The Morgan fingerprint density at radius 1 is 1.10 bits per heavy atom. The molecule has 2 nitrogen and oxygen atoms in total. The van der Waals surface area contributed by atoms with Gasteiger partial charge in [-0.2, -0.15) is 0 Å². The van der Waals surface area contributed by atoms with Crippen molar-refractivity contribution in [1.29, 1.82) is 0 Å². The Morgan fingerprint density at radius 3 is 2.40 bits per heavy atom. The number of hydrogen-bond acceptors (Lipinski definition) is 2. The summed E-state index contributed by atoms with van der Waals surface area (Å²) in [7, 11) is 3.67. The highest BCUT2D eigenvalue weighted by Gasteiger charge is 2.14. The summed E-state index contributed by atoms with van der Waals surface area (Å²) >= 11 is 7.09. The molecule has 0 aromatic heterocycles. The van der Waals surface area contributed by atoms with Crippen LogP contribution < -0.4 is 10.1 Å². The predicted molar refractivity (Wildman–Crippen MR) is 90.3 cm³/mol. The van der Waals surface area contributed by atoms with Crippen molar-refractivity contribution in [3.63, 3.8) is 0 Å². The summed E-state index contributed by atoms with van der Waals surface area (Å²) in [6, 6.07) is 14.7. The second kappa shape index (κ2) is 7.25. The van der Waals surface area contributed by atoms with Crippen molar-refractivity contribution in [2.24, 2.45) is 0 Å². The fourth-order valence-electron chi connectivity index (χ4n) is 2.14. The van der Waals surface area contributed by atoms with E-state index in [0.717, 1.165) is 21.1 Å². The smallest absolute Gasteiger partial charge is 0.119 e. The van der Waals surface area contributed by atoms with Crippen LogP contribution in [0.15, 0.2) is 51.4 Å². The lowest BCUT2D eigenvalue weighted by Gasteiger charge is -2.19. The lowest BCUT2D eigenvalue weighted by atomic mass is 9.99. The molecule has 0 bridgehead atoms. The van der Waals surface area contributed by atoms with Crippen molar-refractivity contribution in [2.45, 2.75) is 12.5 Å². The van der Waals surface area contributed by atoms with Crippen LogP contribution in [-0.4, -0.2) is 14.2 Å². The molecule has 2 aromatic rings. The number of benzene rings is 2. The number of nitrogens with one attached hydrogen (secondary N) is 1. The van der Waals surface area contributed by atoms with Crippen molar-refractivity contribution in [3.8, 4) is 5.75 Å². The summed E-state index contributed by atoms with van der Waals surface area (Å²) in [6.07, 6.45) is 0.926. The zero-order valence-electron chi connectivity index (χ0n) is 11.5. The molecular formula is C16H17Br2NO. The molecule has 0 radical (unpaired) electrons. The van der Waals surface area contributed by atoms with E-state index in [0.29, 0.717) is 0 Å². The summed E-state index contributed by atoms with van der Waals surface area (Å²) in [6.45, 7) is 0. The first kappa shape index (κ1) is 15.5. The lowest BCUT2D eigenvalue weighted by molar-refractivity contribution is 0.413. The van der Waals surface area contributed by atoms with Gasteiger partial charge in [-0.15, -0.1) is 0 Å². The van der Waals surface area contributed by atoms with Gasteiger partial charge in [0, 0.05) is 15.0 Å². The molecule has 0 saturated heterocycles. The van der Waals surface area contributed by atoms with Crippen LogP contribution in [0.1, 0.15) is 17.2 Å². The van der Waals surface area contributed by atoms with Gasteiger partial charge in [0.05, 0.1) is 7.11 Å². The van der Waals surface area contributed by atoms with Gasteiger partial charge in [0.15, 0.2) is 0 Å². The predicted octanol–water partition coefficient (Wildman–Crippen LogP) is 4.72. The van der Waals surface area contributed by atoms with E-state index < -0.39 is 0 Å². The fourth-order valence-corrected chi connectivity index (χ4v) is 2.93. The fraction of sp³-hybridized carbons (Fsp3) is 0.250. The van der Waals surface area contributed by atoms with Crippen LogP contribution in [0.4, 0.5) is 0 Å². The summed E-state index contributed by atoms with van der Waals surface area (Å²) in [5.41, 5.74) is 2.50. The first-order valence-corrected chi connectivity index (χ1v) is 7.97. The van der Waals surface area contributed by atoms with Gasteiger partial charge in [0.25, 0.3) is 0 Å². The molecule has 1 unspecified atom stereocenters. The van der Waals surface area contributed by atoms with Gasteiger partial charge in [-0.25, -0.2) is 0 Å². The molecule has 0 aliphatic rings. The third-order valence-corrected chi connectivity index (χ3v) is 4.53. The summed E-state index contributed by atoms with van der Waals surface area (Å²) in [4.78, 5) is 0. The molecule has 1 atom stereocenters. The highest BCUT2D eigenvalue weighted by Crippen LogP contribution is 2.29. The van der Waals surface area contributed by atoms with E-state index in [4.69, 9.17) is 4.74 Å². The van der Waals surface area contributed by atoms with Crippen LogP contribution >= 0.6 is 31.9 Å². The molecule has 2 aromatic carbocycles. The largest absolute Gasteiger partial charge is 0.497 e. The quantitative estimate of drug-likeness (QED) is 0.786. The van der Waals surface area contributed by atoms with E-state index in [1.54, 1.807) is 7.11 Å². The monoisotopic (exact) mass is 397 g/mol. The summed E-state index contributed by atoms with van der Waals surface area (Å²) in [5, 5.41) is 3.38. The van der Waals surface area contributed by atoms with Gasteiger partial charge in [0.1, 0.15) is 5.75 Å². The number of rotatable bonds is 5. The van der Waals surface area contributed by atoms with Gasteiger partial charge in [0.2, 0.25) is 0 Å². The zero-order chi connectivity index (χ0) is 14.5. The SMILES string of the molecule is CNC(Cc1ccc(Br)cc1)c1cc(OC)ccc1Br. The van der Waals surface area contributed by atoms with Crippen LogP contribution in [-0.2, 0) is 6.42 Å². The van der Waals surface area contributed by atoms with E-state index in [1.165, 1.54) is 11.1 Å². The second-order valence-corrected chi connectivity index (χ2v) is 6.33. The van der Waals surface area contributed by atoms with Crippen LogP contribution in [0.5, 0.6) is 5.75 Å². The highest BCUT2D eigenvalue weighted by molar-refractivity contribution is 9.10. The number of methoxy groups -OCH3 is 1. The first-order valence-electron chi connectivity index (χ1n) is 6.39. The molecule has 2 rings (SSSR count). The van der Waals surface area contributed by atoms with Crippen LogP contribution in [0.2, 0.25) is 0 Å². The van der Waals surface area contributed by atoms with Gasteiger partial charge < -0.3 is 10.1 Å². The van der Waals surface area contributed by atoms with E-state index in [-0.39, 0.29) is 6.04 Å². The number of ether oxygens (including phenoxy) is 1. The van der Waals surface area contributed by atoms with Gasteiger partial charge in [-0.1, -0.05) is 44.0 Å². The van der Waals surface area contributed by atoms with Crippen molar-refractivity contribution in [1.82, 2.24) is 5.32 Å². The van der Waals surface area contributed by atoms with Crippen LogP contribution in [0.3, 0.4) is 0 Å². The van der Waals surface area contributed by atoms with E-state index >= 15 is 0 Å². The minimum Gasteiger partial charge on any atom is -0.497 e. The molecule has 0 amide bonds. The maximum absolute atomic E-state index is 5.32. The first-order chi connectivity index (χ1) is 9.63. The molecule has 0 aliphatic heterocycles. The maximum Gasteiger partial charge on any atom is 0.119 e. The lowest BCUT2D eigenvalue weighted by Crippen LogP contribution is -2.19. The molecule has 0 heterocycles. The second-order valence-electron chi connectivity index (χ2n) is 4.56. The maximum atomic E-state index is 5.32. The Hall–Kier alpha value is -0.840. The summed E-state index contributed by atoms with van der Waals surface area (Å²) in [5.74, 6) is 0.874. The minimum atomic E-state index is 0.237. The third kappa shape index (κ3) is 3.84. The van der Waals surface area contributed by atoms with Crippen molar-refractivity contribution in [2.75, 3.05) is 14.2 Å². The number of likely N-dealkylation sites (N-methyl/N-ethyl adjacent to an activating group) is 1. The molecule has 20 heavy (non-hydrogen) atoms. The Balaban J connectivity index is 2.25. The van der Waals surface area contributed by atoms with Crippen molar-refractivity contribution >= 4 is 31.9 Å². The summed E-state index contributed by atoms with van der Waals surface area (Å²) < 4.78 is 7.51. The third-order valence-electron chi connectivity index (χ3n) is 3.28. The van der Waals surface area contributed by atoms with Crippen LogP contribution in [0, 0.1) is 0 Å². The van der Waals surface area contributed by atoms with Crippen LogP contribution in [0.25, 0.3) is 0 Å². The molecule has 0 fully saturated rings. The topological polar surface area (TPSA) is 21.3 Å². The molecule has 1 N–H and O–H groups in total. The molecule has 0 aliphatic carbocycles. The molecule has 0 saturated carbocycles. The normalized spacial score (nSPS) is 12.2. The highest BCUT2D eigenvalue weighted by atomic mass is 79.9. The molecular weight excluding hydrogens is 382 g/mol. The van der Waals surface area contributed by atoms with E-state index in [1.807, 2.05) is 19.2 Å². The standard InChI is InChI=1S/C16H17Br2NO/c1-19-16(9-11-3-5-12(17)6-4-11)14-10-13(20-2)7-8-15(14)18/h3-8,10,16,19H,9H2,1-2H3. The molecule has 106 valence electrons. The van der Waals surface area contributed by atoms with E-state index in [2.05, 4.69) is 67.5 Å². The average Bonchev–Trinajstić information content (AvgIpc) is 2.47. The Bertz CT molecular complexity index is 569. The average molecular weight is 399 g/mol. The minimum absolute atomic E-state index is 0.237. The Labute approximate surface area is 136 Å². The van der Waals surface area contributed by atoms with Crippen molar-refractivity contribution in [3.05, 3.63) is 62.5 Å². The van der Waals surface area contributed by atoms with E-state index in [9.17, 15) is 0 Å². The molecule has 0 spiro atoms. The zero-order valence-corrected chi connectivity index (χ0v) is 14.7. The number of hydrogen-bond donors (Lipinski definition) is 1. The Kier molecular flexibility index (Phi) is 5.64. The van der Waals surface area contributed by atoms with Gasteiger partial charge >= 0.3 is 0 Å². The molecule has 4 heteroatoms. The van der Waals surface area contributed by atoms with Crippen molar-refractivity contribution < 1.29 is 4.74 Å².